The molecule has 7 aromatic carbocycles. The largest absolute Gasteiger partial charge is 0.370 e. The van der Waals surface area contributed by atoms with Gasteiger partial charge in [0.05, 0.1) is 71.8 Å². The number of ether oxygens (including phenoxy) is 5. The first-order chi connectivity index (χ1) is 65.4. The number of aryl methyl sites for hydroxylation is 2. The van der Waals surface area contributed by atoms with E-state index in [1.165, 1.54) is 44.1 Å². The summed E-state index contributed by atoms with van der Waals surface area (Å²) in [6.45, 7) is 13.1. The van der Waals surface area contributed by atoms with E-state index in [-0.39, 0.29) is 64.1 Å². The molecule has 18 atom stereocenters. The number of thiophene rings is 1. The second-order valence-corrected chi connectivity index (χ2v) is 49.1. The molecule has 5 fully saturated rings. The maximum Gasteiger partial charge on any atom is 0.251 e. The first kappa shape index (κ1) is 101. The van der Waals surface area contributed by atoms with Gasteiger partial charge in [-0.05, 0) is 238 Å². The smallest absolute Gasteiger partial charge is 0.251 e. The average molecular weight is 2010 g/mol. The number of hydrogen-bond acceptors (Lipinski definition) is 23. The Hall–Kier alpha value is -8.63. The second-order valence-electron chi connectivity index (χ2n) is 38.5. The molecule has 11 aliphatic heterocycles. The van der Waals surface area contributed by atoms with Crippen LogP contribution in [0.5, 0.6) is 0 Å². The van der Waals surface area contributed by atoms with Crippen molar-refractivity contribution in [3.63, 3.8) is 0 Å². The van der Waals surface area contributed by atoms with Gasteiger partial charge in [0, 0.05) is 203 Å². The highest BCUT2D eigenvalue weighted by molar-refractivity contribution is 8.00. The number of hydrogen-bond donors (Lipinski definition) is 5. The van der Waals surface area contributed by atoms with E-state index in [0.29, 0.717) is 114 Å². The molecule has 11 aliphatic rings. The minimum Gasteiger partial charge on any atom is -0.370 e. The molecule has 0 saturated carbocycles. The highest BCUT2D eigenvalue weighted by Crippen LogP contribution is 2.44. The van der Waals surface area contributed by atoms with Crippen molar-refractivity contribution in [1.29, 1.82) is 0 Å². The Morgan fingerprint density at radius 1 is 0.420 bits per heavy atom. The predicted molar refractivity (Wildman–Crippen MR) is 513 cm³/mol. The van der Waals surface area contributed by atoms with Crippen molar-refractivity contribution < 1.29 is 88.6 Å². The number of nitrogens with two attached hydrogens (primary N) is 5. The third-order valence-corrected chi connectivity index (χ3v) is 34.0. The van der Waals surface area contributed by atoms with E-state index < -0.39 is 152 Å². The molecule has 138 heavy (non-hydrogen) atoms. The summed E-state index contributed by atoms with van der Waals surface area (Å²) >= 11 is 1.84. The molecule has 0 bridgehead atoms. The lowest BCUT2D eigenvalue weighted by atomic mass is 9.93. The van der Waals surface area contributed by atoms with E-state index >= 15 is 0 Å². The van der Waals surface area contributed by atoms with Gasteiger partial charge in [0.15, 0.2) is 0 Å². The average Bonchev–Trinajstić information content (AvgIpc) is 1.59. The van der Waals surface area contributed by atoms with E-state index in [0.717, 1.165) is 180 Å². The third-order valence-electron chi connectivity index (χ3n) is 27.9. The number of halogens is 10. The standard InChI is InChI=1S/C22H26F2N2O2S.C21H24F2N2O2S.C20H24F2N4O2S.C18H22F2N4O3S.C18H20F2N2OS/c1-29(2,27)13-14-3-4-15-10-26(11-16(15)7-14)18-9-21(25)22(28-12-18)19-8-17(23)5-6-20(19)24;1-28(2,26)17-5-3-13-10-25(11-14(13)7-17)16-9-20(24)21(27-12-16)18-8-15(22)4-6-19(18)23;1-29(27)6-2-3-19-15-9-25(10-18(15)24-26(19)29)13-8-17(23)20(28-11-13)14-7-12(21)4-5-16(14)22;1-10-14-7-23(8-17(14)24(22-10)28(2,25)26)12-6-16(21)18(27-9-12)13-5-11(19)3-4-15(13)20;1-10-4-11-7-22(8-17(11)24-10)13-6-16(21)18(23-9-13)14-5-12(19)2-3-15(14)20/h3-8,18,21-22H,1,9-13,25H2,2H3;3-8,16,20-21H,1,9-12,24H2,2H3;4-5,7,13,17,20H,1-3,6,8-11,23H2;3-5,12,16,18H,6-9,21H2,1-2H3;2-5,13,16,18H,6-9,21H2,1H3/t18-,21+,22-,29?;16-,20+,21-,28?;13-,17+,20-,29?;12-,16+,18-;13-,16+,18-/m11111/s1. The summed E-state index contributed by atoms with van der Waals surface area (Å²) in [5.74, 6) is 7.40. The van der Waals surface area contributed by atoms with Gasteiger partial charge >= 0.3 is 0 Å². The van der Waals surface area contributed by atoms with Gasteiger partial charge in [0.2, 0.25) is 0 Å². The zero-order valence-corrected chi connectivity index (χ0v) is 81.4. The zero-order valence-electron chi connectivity index (χ0n) is 77.3. The molecule has 14 heterocycles. The van der Waals surface area contributed by atoms with E-state index in [2.05, 4.69) is 77.4 Å². The maximum absolute atomic E-state index is 14.1. The fourth-order valence-corrected chi connectivity index (χ4v) is 26.2. The van der Waals surface area contributed by atoms with Gasteiger partial charge in [-0.3, -0.25) is 32.9 Å². The van der Waals surface area contributed by atoms with Gasteiger partial charge < -0.3 is 52.4 Å². The van der Waals surface area contributed by atoms with Crippen LogP contribution in [0.1, 0.15) is 174 Å². The summed E-state index contributed by atoms with van der Waals surface area (Å²) in [6, 6.07) is 29.4. The summed E-state index contributed by atoms with van der Waals surface area (Å²) in [4.78, 5) is 14.8. The minimum atomic E-state index is -3.48. The second kappa shape index (κ2) is 41.0. The molecule has 0 spiro atoms. The fourth-order valence-electron chi connectivity index (χ4n) is 21.0. The first-order valence-electron chi connectivity index (χ1n) is 45.9. The molecule has 24 nitrogen and oxygen atoms in total. The van der Waals surface area contributed by atoms with Crippen molar-refractivity contribution in [3.05, 3.63) is 296 Å². The van der Waals surface area contributed by atoms with Gasteiger partial charge in [-0.25, -0.2) is 56.5 Å². The van der Waals surface area contributed by atoms with Gasteiger partial charge in [0.1, 0.15) is 88.7 Å². The number of benzene rings is 7. The number of nitrogens with zero attached hydrogens (tertiary/aromatic N) is 9. The molecule has 3 aromatic heterocycles. The van der Waals surface area contributed by atoms with Crippen LogP contribution in [0.4, 0.5) is 43.9 Å². The monoisotopic (exact) mass is 2010 g/mol. The molecule has 3 unspecified atom stereocenters. The molecule has 10 N–H and O–H groups in total. The Morgan fingerprint density at radius 2 is 0.783 bits per heavy atom. The van der Waals surface area contributed by atoms with Crippen LogP contribution in [-0.2, 0) is 140 Å². The molecular formula is C99H116F10N14O10S5. The van der Waals surface area contributed by atoms with Crippen LogP contribution in [0.15, 0.2) is 138 Å². The Kier molecular flexibility index (Phi) is 30.0. The SMILES string of the molecule is C=S(C)(=O)Cc1ccc2c(c1)CN([C@H]1CO[C@H](c3cc(F)ccc3F)[C@@H](N)C1)C2.C=S(C)(=O)c1ccc2c(c1)CN([C@H]1CO[C@H](c3cc(F)ccc3F)[C@@H](N)C1)C2.C=S1(=O)CCCc2c3c(nn21)CN([C@H]1CO[C@H](c2cc(F)ccc2F)[C@@H](N)C1)C3.Cc1cc2c(s1)CN([C@H]1CO[C@H](c3cc(F)ccc3F)[C@@H](N)C1)C2.Cc1nn(S(C)(=O)=O)c2c1CN([C@H]1CO[C@H](c3cc(F)ccc3F)[C@@H](N)C1)C2. The summed E-state index contributed by atoms with van der Waals surface area (Å²) in [5, 5.41) is 8.74. The molecule has 742 valence electrons. The summed E-state index contributed by atoms with van der Waals surface area (Å²) < 4.78 is 231. The summed E-state index contributed by atoms with van der Waals surface area (Å²) in [5.41, 5.74) is 44.9. The van der Waals surface area contributed by atoms with Crippen LogP contribution in [0.3, 0.4) is 0 Å². The Labute approximate surface area is 802 Å². The molecular weight excluding hydrogens is 1900 g/mol. The lowest BCUT2D eigenvalue weighted by Crippen LogP contribution is -2.48. The fraction of sp³-hybridized carbons (Fsp3) is 0.444. The topological polar surface area (TPSA) is 313 Å². The van der Waals surface area contributed by atoms with Crippen molar-refractivity contribution in [2.45, 2.75) is 226 Å². The number of rotatable bonds is 14. The predicted octanol–water partition coefficient (Wildman–Crippen LogP) is 12.5. The molecule has 21 rings (SSSR count). The Balaban J connectivity index is 0.000000120. The van der Waals surface area contributed by atoms with Crippen LogP contribution >= 0.6 is 11.3 Å². The normalized spacial score (nSPS) is 28.0. The summed E-state index contributed by atoms with van der Waals surface area (Å²) in [7, 11) is -10.2. The quantitative estimate of drug-likeness (QED) is 0.0499. The van der Waals surface area contributed by atoms with Crippen molar-refractivity contribution in [1.82, 2.24) is 42.9 Å². The van der Waals surface area contributed by atoms with Crippen LogP contribution in [-0.4, -0.2) is 199 Å². The third kappa shape index (κ3) is 22.4. The Morgan fingerprint density at radius 3 is 1.17 bits per heavy atom. The molecule has 0 aliphatic carbocycles. The van der Waals surface area contributed by atoms with Crippen LogP contribution in [0.2, 0.25) is 0 Å². The van der Waals surface area contributed by atoms with Gasteiger partial charge in [-0.2, -0.15) is 18.4 Å². The number of aromatic nitrogens is 4. The maximum atomic E-state index is 14.1. The van der Waals surface area contributed by atoms with Gasteiger partial charge in [0.25, 0.3) is 10.0 Å². The highest BCUT2D eigenvalue weighted by atomic mass is 32.2. The van der Waals surface area contributed by atoms with Crippen molar-refractivity contribution >= 4 is 67.7 Å². The molecule has 5 saturated heterocycles. The minimum absolute atomic E-state index is 0.0531. The van der Waals surface area contributed by atoms with E-state index in [9.17, 15) is 64.9 Å². The lowest BCUT2D eigenvalue weighted by molar-refractivity contribution is -0.0533. The summed E-state index contributed by atoms with van der Waals surface area (Å²) in [6.07, 6.45) is 6.03. The van der Waals surface area contributed by atoms with E-state index in [1.54, 1.807) is 23.5 Å². The van der Waals surface area contributed by atoms with Crippen LogP contribution in [0, 0.1) is 72.0 Å². The highest BCUT2D eigenvalue weighted by Gasteiger charge is 2.45. The van der Waals surface area contributed by atoms with Crippen molar-refractivity contribution in [3.8, 4) is 0 Å². The van der Waals surface area contributed by atoms with Crippen molar-refractivity contribution in [2.75, 3.05) is 57.6 Å². The number of fused-ring (bicyclic) bond motifs is 7. The molecule has 10 aromatic rings. The van der Waals surface area contributed by atoms with Crippen LogP contribution in [0.25, 0.3) is 0 Å². The molecule has 0 radical (unpaired) electrons. The van der Waals surface area contributed by atoms with Crippen molar-refractivity contribution in [2.24, 2.45) is 28.7 Å². The molecule has 39 heteroatoms. The molecule has 0 amide bonds. The van der Waals surface area contributed by atoms with Gasteiger partial charge in [-0.15, -0.1) is 11.3 Å². The van der Waals surface area contributed by atoms with Gasteiger partial charge in [-0.1, -0.05) is 24.3 Å². The van der Waals surface area contributed by atoms with Crippen LogP contribution < -0.4 is 28.7 Å². The van der Waals surface area contributed by atoms with E-state index in [1.807, 2.05) is 35.6 Å². The zero-order chi connectivity index (χ0) is 98.2. The lowest BCUT2D eigenvalue weighted by Gasteiger charge is -2.38. The Bertz CT molecular complexity index is 6700. The first-order valence-corrected chi connectivity index (χ1v) is 54.8. The van der Waals surface area contributed by atoms with E-state index in [4.69, 9.17) is 52.4 Å².